The lowest BCUT2D eigenvalue weighted by atomic mass is 10.1. The maximum Gasteiger partial charge on any atom is 0.220 e. The number of aromatic nitrogens is 1. The lowest BCUT2D eigenvalue weighted by molar-refractivity contribution is -0.119. The van der Waals surface area contributed by atoms with Crippen molar-refractivity contribution in [3.05, 3.63) is 23.0 Å². The van der Waals surface area contributed by atoms with E-state index in [2.05, 4.69) is 30.2 Å². The zero-order valence-corrected chi connectivity index (χ0v) is 7.98. The Labute approximate surface area is 77.5 Å². The molecule has 1 amide bonds. The second kappa shape index (κ2) is 2.91. The first kappa shape index (κ1) is 8.35. The molecule has 0 radical (unpaired) electrons. The SMILES string of the molecule is Cc1cc(C2CCC(=O)N2)[nH]c1C. The number of amides is 1. The molecule has 0 bridgehead atoms. The number of hydrogen-bond donors (Lipinski definition) is 2. The molecule has 2 N–H and O–H groups in total. The van der Waals surface area contributed by atoms with Gasteiger partial charge in [0, 0.05) is 17.8 Å². The zero-order valence-electron chi connectivity index (χ0n) is 7.98. The average Bonchev–Trinajstić information content (AvgIpc) is 2.61. The van der Waals surface area contributed by atoms with Gasteiger partial charge >= 0.3 is 0 Å². The van der Waals surface area contributed by atoms with Gasteiger partial charge in [-0.2, -0.15) is 0 Å². The summed E-state index contributed by atoms with van der Waals surface area (Å²) in [7, 11) is 0. The fourth-order valence-electron chi connectivity index (χ4n) is 1.73. The van der Waals surface area contributed by atoms with Gasteiger partial charge in [-0.3, -0.25) is 4.79 Å². The van der Waals surface area contributed by atoms with Crippen LogP contribution in [0.25, 0.3) is 0 Å². The highest BCUT2D eigenvalue weighted by Crippen LogP contribution is 2.24. The molecule has 1 saturated heterocycles. The predicted octanol–water partition coefficient (Wildman–Crippen LogP) is 1.58. The summed E-state index contributed by atoms with van der Waals surface area (Å²) < 4.78 is 0. The van der Waals surface area contributed by atoms with Crippen molar-refractivity contribution in [1.82, 2.24) is 10.3 Å². The number of aryl methyl sites for hydroxylation is 2. The van der Waals surface area contributed by atoms with Crippen LogP contribution in [0.3, 0.4) is 0 Å². The van der Waals surface area contributed by atoms with E-state index in [0.717, 1.165) is 12.1 Å². The first-order chi connectivity index (χ1) is 6.16. The summed E-state index contributed by atoms with van der Waals surface area (Å²) in [6, 6.07) is 2.32. The summed E-state index contributed by atoms with van der Waals surface area (Å²) in [4.78, 5) is 14.3. The summed E-state index contributed by atoms with van der Waals surface area (Å²) in [5, 5.41) is 2.94. The molecule has 0 aliphatic carbocycles. The predicted molar refractivity (Wildman–Crippen MR) is 50.4 cm³/mol. The van der Waals surface area contributed by atoms with Gasteiger partial charge in [0.05, 0.1) is 6.04 Å². The summed E-state index contributed by atoms with van der Waals surface area (Å²) in [5.41, 5.74) is 3.59. The molecule has 1 aliphatic rings. The Balaban J connectivity index is 2.21. The topological polar surface area (TPSA) is 44.9 Å². The zero-order chi connectivity index (χ0) is 9.42. The monoisotopic (exact) mass is 178 g/mol. The van der Waals surface area contributed by atoms with E-state index in [1.54, 1.807) is 0 Å². The van der Waals surface area contributed by atoms with Crippen molar-refractivity contribution in [2.75, 3.05) is 0 Å². The van der Waals surface area contributed by atoms with Gasteiger partial charge in [0.25, 0.3) is 0 Å². The highest BCUT2D eigenvalue weighted by atomic mass is 16.1. The van der Waals surface area contributed by atoms with Gasteiger partial charge in [-0.15, -0.1) is 0 Å². The first-order valence-electron chi connectivity index (χ1n) is 4.62. The maximum atomic E-state index is 11.0. The van der Waals surface area contributed by atoms with Gasteiger partial charge in [0.2, 0.25) is 5.91 Å². The van der Waals surface area contributed by atoms with Gasteiger partial charge < -0.3 is 10.3 Å². The van der Waals surface area contributed by atoms with Crippen LogP contribution in [0.5, 0.6) is 0 Å². The van der Waals surface area contributed by atoms with Crippen LogP contribution in [-0.2, 0) is 4.79 Å². The highest BCUT2D eigenvalue weighted by molar-refractivity contribution is 5.78. The van der Waals surface area contributed by atoms with Gasteiger partial charge in [0.15, 0.2) is 0 Å². The fraction of sp³-hybridized carbons (Fsp3) is 0.500. The number of carbonyl (C=O) groups is 1. The Bertz CT molecular complexity index is 321. The fourth-order valence-corrected chi connectivity index (χ4v) is 1.73. The molecule has 1 atom stereocenters. The molecule has 1 aliphatic heterocycles. The van der Waals surface area contributed by atoms with E-state index in [4.69, 9.17) is 0 Å². The normalized spacial score (nSPS) is 22.0. The minimum absolute atomic E-state index is 0.162. The lowest BCUT2D eigenvalue weighted by Crippen LogP contribution is -2.18. The summed E-state index contributed by atoms with van der Waals surface area (Å²) in [5.74, 6) is 0.162. The summed E-state index contributed by atoms with van der Waals surface area (Å²) >= 11 is 0. The third-order valence-electron chi connectivity index (χ3n) is 2.67. The molecule has 70 valence electrons. The Morgan fingerprint density at radius 2 is 2.23 bits per heavy atom. The molecule has 2 heterocycles. The molecular formula is C10H14N2O. The van der Waals surface area contributed by atoms with Crippen molar-refractivity contribution >= 4 is 5.91 Å². The van der Waals surface area contributed by atoms with Crippen LogP contribution in [0, 0.1) is 13.8 Å². The smallest absolute Gasteiger partial charge is 0.220 e. The Morgan fingerprint density at radius 1 is 1.46 bits per heavy atom. The average molecular weight is 178 g/mol. The lowest BCUT2D eigenvalue weighted by Gasteiger charge is -2.06. The van der Waals surface area contributed by atoms with Crippen LogP contribution in [0.2, 0.25) is 0 Å². The third kappa shape index (κ3) is 1.46. The first-order valence-corrected chi connectivity index (χ1v) is 4.62. The van der Waals surface area contributed by atoms with Crippen LogP contribution in [-0.4, -0.2) is 10.9 Å². The largest absolute Gasteiger partial charge is 0.361 e. The molecule has 3 heteroatoms. The van der Waals surface area contributed by atoms with Crippen molar-refractivity contribution in [2.45, 2.75) is 32.7 Å². The van der Waals surface area contributed by atoms with Gasteiger partial charge in [0.1, 0.15) is 0 Å². The van der Waals surface area contributed by atoms with Crippen LogP contribution in [0.4, 0.5) is 0 Å². The molecule has 0 spiro atoms. The quantitative estimate of drug-likeness (QED) is 0.673. The Hall–Kier alpha value is -1.25. The van der Waals surface area contributed by atoms with E-state index >= 15 is 0 Å². The van der Waals surface area contributed by atoms with E-state index in [-0.39, 0.29) is 11.9 Å². The molecule has 13 heavy (non-hydrogen) atoms. The van der Waals surface area contributed by atoms with E-state index in [0.29, 0.717) is 6.42 Å². The molecule has 1 unspecified atom stereocenters. The minimum Gasteiger partial charge on any atom is -0.361 e. The Kier molecular flexibility index (Phi) is 1.87. The number of carbonyl (C=O) groups excluding carboxylic acids is 1. The van der Waals surface area contributed by atoms with Crippen LogP contribution >= 0.6 is 0 Å². The maximum absolute atomic E-state index is 11.0. The second-order valence-electron chi connectivity index (χ2n) is 3.69. The molecule has 1 aromatic heterocycles. The van der Waals surface area contributed by atoms with E-state index in [1.807, 2.05) is 0 Å². The van der Waals surface area contributed by atoms with Crippen molar-refractivity contribution in [2.24, 2.45) is 0 Å². The number of aromatic amines is 1. The second-order valence-corrected chi connectivity index (χ2v) is 3.69. The summed E-state index contributed by atoms with van der Waals surface area (Å²) in [6.45, 7) is 4.13. The van der Waals surface area contributed by atoms with E-state index < -0.39 is 0 Å². The molecule has 1 aromatic rings. The summed E-state index contributed by atoms with van der Waals surface area (Å²) in [6.07, 6.45) is 1.57. The number of rotatable bonds is 1. The van der Waals surface area contributed by atoms with Crippen LogP contribution in [0.15, 0.2) is 6.07 Å². The minimum atomic E-state index is 0.162. The van der Waals surface area contributed by atoms with Gasteiger partial charge in [-0.1, -0.05) is 0 Å². The van der Waals surface area contributed by atoms with Crippen molar-refractivity contribution in [3.8, 4) is 0 Å². The van der Waals surface area contributed by atoms with Crippen LogP contribution < -0.4 is 5.32 Å². The van der Waals surface area contributed by atoms with E-state index in [1.165, 1.54) is 11.3 Å². The van der Waals surface area contributed by atoms with Gasteiger partial charge in [-0.05, 0) is 31.9 Å². The van der Waals surface area contributed by atoms with Crippen molar-refractivity contribution in [3.63, 3.8) is 0 Å². The number of nitrogens with one attached hydrogen (secondary N) is 2. The van der Waals surface area contributed by atoms with E-state index in [9.17, 15) is 4.79 Å². The molecule has 3 nitrogen and oxygen atoms in total. The third-order valence-corrected chi connectivity index (χ3v) is 2.67. The molecular weight excluding hydrogens is 164 g/mol. The number of hydrogen-bond acceptors (Lipinski definition) is 1. The van der Waals surface area contributed by atoms with Crippen molar-refractivity contribution < 1.29 is 4.79 Å². The van der Waals surface area contributed by atoms with Crippen molar-refractivity contribution in [1.29, 1.82) is 0 Å². The Morgan fingerprint density at radius 3 is 2.69 bits per heavy atom. The number of H-pyrrole nitrogens is 1. The molecule has 1 fully saturated rings. The molecule has 2 rings (SSSR count). The molecule has 0 saturated carbocycles. The van der Waals surface area contributed by atoms with Crippen LogP contribution in [0.1, 0.15) is 35.8 Å². The van der Waals surface area contributed by atoms with Gasteiger partial charge in [-0.25, -0.2) is 0 Å². The standard InChI is InChI=1S/C10H14N2O/c1-6-5-9(11-7(6)2)8-3-4-10(13)12-8/h5,8,11H,3-4H2,1-2H3,(H,12,13). The molecule has 0 aromatic carbocycles. The highest BCUT2D eigenvalue weighted by Gasteiger charge is 2.23.